The number of pyridine rings is 1. The van der Waals surface area contributed by atoms with Crippen molar-refractivity contribution in [1.82, 2.24) is 24.3 Å². The van der Waals surface area contributed by atoms with E-state index in [1.807, 2.05) is 25.1 Å². The Morgan fingerprint density at radius 1 is 1.15 bits per heavy atom. The number of rotatable bonds is 13. The predicted octanol–water partition coefficient (Wildman–Crippen LogP) is 3.93. The van der Waals surface area contributed by atoms with Gasteiger partial charge in [0.05, 0.1) is 49.1 Å². The molecule has 2 fully saturated rings. The smallest absolute Gasteiger partial charge is 0.260 e. The van der Waals surface area contributed by atoms with E-state index in [9.17, 15) is 14.4 Å². The molecule has 5 rings (SSSR count). The van der Waals surface area contributed by atoms with Crippen LogP contribution in [0.1, 0.15) is 6.42 Å². The summed E-state index contributed by atoms with van der Waals surface area (Å²) in [6.07, 6.45) is 6.62. The maximum absolute atomic E-state index is 14.4. The van der Waals surface area contributed by atoms with E-state index < -0.39 is 0 Å². The number of ether oxygens (including phenoxy) is 3. The molecule has 4 heterocycles. The number of ketones is 1. The van der Waals surface area contributed by atoms with Crippen molar-refractivity contribution in [3.8, 4) is 22.6 Å². The fourth-order valence-electron chi connectivity index (χ4n) is 5.76. The number of amides is 1. The average molecular weight is 686 g/mol. The number of anilines is 1. The highest BCUT2D eigenvalue weighted by molar-refractivity contribution is 6.41. The van der Waals surface area contributed by atoms with Crippen molar-refractivity contribution in [2.24, 2.45) is 11.8 Å². The molecule has 2 aliphatic heterocycles. The van der Waals surface area contributed by atoms with Gasteiger partial charge in [0.15, 0.2) is 5.78 Å². The molecule has 0 unspecified atom stereocenters. The van der Waals surface area contributed by atoms with Crippen LogP contribution in [0.2, 0.25) is 10.0 Å². The van der Waals surface area contributed by atoms with Crippen molar-refractivity contribution < 1.29 is 23.8 Å². The number of hydrogen-bond acceptors (Lipinski definition) is 10. The third-order valence-electron chi connectivity index (χ3n) is 8.31. The Morgan fingerprint density at radius 3 is 2.49 bits per heavy atom. The van der Waals surface area contributed by atoms with Crippen molar-refractivity contribution in [2.75, 3.05) is 66.5 Å². The number of nitrogens with one attached hydrogen (secondary N) is 1. The van der Waals surface area contributed by atoms with Crippen molar-refractivity contribution >= 4 is 51.9 Å². The number of aromatic nitrogens is 3. The Morgan fingerprint density at radius 2 is 1.85 bits per heavy atom. The molecule has 1 N–H and O–H groups in total. The molecule has 1 amide bonds. The molecule has 0 bridgehead atoms. The summed E-state index contributed by atoms with van der Waals surface area (Å²) >= 11 is 13.5. The Labute approximate surface area is 282 Å². The normalized spacial score (nSPS) is 18.1. The van der Waals surface area contributed by atoms with Crippen LogP contribution >= 0.6 is 23.2 Å². The van der Waals surface area contributed by atoms with E-state index in [2.05, 4.69) is 16.9 Å². The summed E-state index contributed by atoms with van der Waals surface area (Å²) in [6.45, 7) is 6.27. The molecule has 0 spiro atoms. The quantitative estimate of drug-likeness (QED) is 0.265. The van der Waals surface area contributed by atoms with Crippen LogP contribution in [0.15, 0.2) is 47.9 Å². The van der Waals surface area contributed by atoms with Crippen molar-refractivity contribution in [2.45, 2.75) is 19.0 Å². The molecule has 2 aromatic heterocycles. The Kier molecular flexibility index (Phi) is 10.9. The number of carbonyl (C=O) groups excluding carboxylic acids is 2. The number of fused-ring (bicyclic) bond motifs is 1. The highest BCUT2D eigenvalue weighted by atomic mass is 35.5. The van der Waals surface area contributed by atoms with Gasteiger partial charge in [-0.2, -0.15) is 4.98 Å². The highest BCUT2D eigenvalue weighted by Gasteiger charge is 2.33. The van der Waals surface area contributed by atoms with E-state index in [1.165, 1.54) is 20.3 Å². The molecular formula is C33H38Cl2N6O6. The molecular weight excluding hydrogens is 647 g/mol. The Hall–Kier alpha value is -3.97. The van der Waals surface area contributed by atoms with Crippen molar-refractivity contribution in [3.63, 3.8) is 0 Å². The number of hydrogen-bond donors (Lipinski definition) is 1. The number of carbonyl (C=O) groups is 2. The molecule has 0 aliphatic carbocycles. The second-order valence-electron chi connectivity index (χ2n) is 11.9. The van der Waals surface area contributed by atoms with E-state index in [4.69, 9.17) is 42.4 Å². The van der Waals surface area contributed by atoms with Crippen LogP contribution < -0.4 is 20.3 Å². The summed E-state index contributed by atoms with van der Waals surface area (Å²) in [5.41, 5.74) is 0.504. The first-order valence-electron chi connectivity index (χ1n) is 15.1. The maximum atomic E-state index is 14.4. The third kappa shape index (κ3) is 7.46. The lowest BCUT2D eigenvalue weighted by molar-refractivity contribution is -0.132. The van der Waals surface area contributed by atoms with Crippen LogP contribution in [0.25, 0.3) is 22.2 Å². The monoisotopic (exact) mass is 684 g/mol. The van der Waals surface area contributed by atoms with Gasteiger partial charge in [0.25, 0.3) is 5.56 Å². The Balaban J connectivity index is 1.53. The van der Waals surface area contributed by atoms with E-state index in [1.54, 1.807) is 33.9 Å². The fourth-order valence-corrected chi connectivity index (χ4v) is 6.46. The first kappa shape index (κ1) is 34.4. The maximum Gasteiger partial charge on any atom is 0.260 e. The minimum Gasteiger partial charge on any atom is -0.495 e. The van der Waals surface area contributed by atoms with Gasteiger partial charge in [-0.05, 0) is 26.2 Å². The lowest BCUT2D eigenvalue weighted by atomic mass is 9.97. The molecule has 12 nitrogen and oxygen atoms in total. The molecule has 2 saturated heterocycles. The number of nitrogens with zero attached hydrogens (tertiary/aromatic N) is 5. The summed E-state index contributed by atoms with van der Waals surface area (Å²) in [7, 11) is 6.79. The molecule has 2 atom stereocenters. The van der Waals surface area contributed by atoms with Gasteiger partial charge in [0, 0.05) is 73.7 Å². The van der Waals surface area contributed by atoms with E-state index in [0.717, 1.165) is 0 Å². The largest absolute Gasteiger partial charge is 0.495 e. The van der Waals surface area contributed by atoms with Gasteiger partial charge >= 0.3 is 0 Å². The second kappa shape index (κ2) is 14.8. The van der Waals surface area contributed by atoms with Gasteiger partial charge in [0.2, 0.25) is 11.9 Å². The molecule has 47 heavy (non-hydrogen) atoms. The first-order valence-corrected chi connectivity index (χ1v) is 15.9. The average Bonchev–Trinajstić information content (AvgIpc) is 3.45. The van der Waals surface area contributed by atoms with Gasteiger partial charge in [-0.1, -0.05) is 35.9 Å². The molecule has 250 valence electrons. The minimum atomic E-state index is -0.379. The predicted molar refractivity (Wildman–Crippen MR) is 182 cm³/mol. The molecule has 0 radical (unpaired) electrons. The highest BCUT2D eigenvalue weighted by Crippen LogP contribution is 2.45. The Bertz CT molecular complexity index is 1740. The summed E-state index contributed by atoms with van der Waals surface area (Å²) < 4.78 is 18.1. The summed E-state index contributed by atoms with van der Waals surface area (Å²) in [4.78, 5) is 52.1. The molecule has 14 heteroatoms. The van der Waals surface area contributed by atoms with Crippen molar-refractivity contribution in [3.05, 3.63) is 63.5 Å². The first-order chi connectivity index (χ1) is 22.5. The molecule has 1 aromatic carbocycles. The van der Waals surface area contributed by atoms with Crippen LogP contribution in [0.3, 0.4) is 0 Å². The zero-order valence-corrected chi connectivity index (χ0v) is 28.3. The lowest BCUT2D eigenvalue weighted by Crippen LogP contribution is -2.51. The van der Waals surface area contributed by atoms with E-state index in [0.29, 0.717) is 61.3 Å². The van der Waals surface area contributed by atoms with Crippen LogP contribution in [0.5, 0.6) is 11.5 Å². The summed E-state index contributed by atoms with van der Waals surface area (Å²) in [5, 5.41) is 4.18. The third-order valence-corrected chi connectivity index (χ3v) is 9.06. The standard InChI is InChI=1S/C33H38Cl2N6O6/c1-6-22(42)10-21-17-47-18-24(21)37-33-36-13-20-11-23(28-29(34)25(45-4)12-26(46-5)30(28)35)32(44)41(31(20)38-33)16-19-14-40(15-19)27(43)8-7-9-39(2)3/h6-8,11-13,19,21,24H,1,9-10,14-18H2,2-5H3,(H,36,37,38)/b8-7+/t21-,24+/m0/s1. The van der Waals surface area contributed by atoms with Crippen LogP contribution in [-0.2, 0) is 20.9 Å². The van der Waals surface area contributed by atoms with Gasteiger partial charge in [0.1, 0.15) is 17.1 Å². The SMILES string of the molecule is C=CC(=O)C[C@H]1COC[C@H]1Nc1ncc2cc(-c3c(Cl)c(OC)cc(OC)c3Cl)c(=O)n(CC3CN(C(=O)/C=C/CN(C)C)C3)c2n1. The number of halogens is 2. The van der Waals surface area contributed by atoms with Crippen LogP contribution in [0, 0.1) is 11.8 Å². The zero-order chi connectivity index (χ0) is 33.8. The van der Waals surface area contributed by atoms with Crippen LogP contribution in [0.4, 0.5) is 5.95 Å². The number of likely N-dealkylation sites (N-methyl/N-ethyl adjacent to an activating group) is 1. The summed E-state index contributed by atoms with van der Waals surface area (Å²) in [5.74, 6) is 0.649. The number of allylic oxidation sites excluding steroid dienone is 1. The number of methoxy groups -OCH3 is 2. The van der Waals surface area contributed by atoms with Gasteiger partial charge < -0.3 is 29.3 Å². The molecule has 2 aliphatic rings. The zero-order valence-electron chi connectivity index (χ0n) is 26.8. The number of benzene rings is 1. The topological polar surface area (TPSA) is 128 Å². The van der Waals surface area contributed by atoms with E-state index >= 15 is 0 Å². The lowest BCUT2D eigenvalue weighted by Gasteiger charge is -2.39. The summed E-state index contributed by atoms with van der Waals surface area (Å²) in [6, 6.07) is 3.01. The number of likely N-dealkylation sites (tertiary alicyclic amines) is 1. The second-order valence-corrected chi connectivity index (χ2v) is 12.7. The van der Waals surface area contributed by atoms with Crippen molar-refractivity contribution in [1.29, 1.82) is 0 Å². The van der Waals surface area contributed by atoms with Gasteiger partial charge in [-0.25, -0.2) is 4.98 Å². The van der Waals surface area contributed by atoms with Gasteiger partial charge in [-0.15, -0.1) is 0 Å². The van der Waals surface area contributed by atoms with Gasteiger partial charge in [-0.3, -0.25) is 19.0 Å². The molecule has 0 saturated carbocycles. The van der Waals surface area contributed by atoms with Crippen LogP contribution in [-0.4, -0.2) is 103 Å². The minimum absolute atomic E-state index is 0.00737. The van der Waals surface area contributed by atoms with E-state index in [-0.39, 0.29) is 69.3 Å². The molecule has 3 aromatic rings. The fraction of sp³-hybridized carbons (Fsp3) is 0.424.